The van der Waals surface area contributed by atoms with Gasteiger partial charge in [-0.3, -0.25) is 0 Å². The summed E-state index contributed by atoms with van der Waals surface area (Å²) in [6.07, 6.45) is 0.293. The minimum Gasteiger partial charge on any atom is -0.359 e. The van der Waals surface area contributed by atoms with Crippen molar-refractivity contribution in [1.29, 1.82) is 0 Å². The third-order valence-electron chi connectivity index (χ3n) is 2.89. The van der Waals surface area contributed by atoms with Gasteiger partial charge in [0.15, 0.2) is 0 Å². The maximum atomic E-state index is 5.85. The fraction of sp³-hybridized carbons (Fsp3) is 0.143. The molecule has 0 radical (unpaired) electrons. The second kappa shape index (κ2) is 4.34. The topological polar surface area (TPSA) is 12.5 Å². The number of benzene rings is 2. The molecule has 0 N–H and O–H groups in total. The molecule has 3 heteroatoms. The zero-order valence-corrected chi connectivity index (χ0v) is 10.4. The van der Waals surface area contributed by atoms with Crippen LogP contribution in [0.4, 0.5) is 0 Å². The Morgan fingerprint density at radius 2 is 1.00 bits per heavy atom. The third kappa shape index (κ3) is 2.32. The van der Waals surface area contributed by atoms with E-state index in [1.165, 1.54) is 0 Å². The maximum Gasteiger partial charge on any atom is 0.114 e. The van der Waals surface area contributed by atoms with E-state index in [4.69, 9.17) is 27.9 Å². The van der Waals surface area contributed by atoms with Crippen molar-refractivity contribution < 1.29 is 4.74 Å². The SMILES string of the molecule is Clc1ccc(C2OC2c2ccc(Cl)cc2)cc1. The van der Waals surface area contributed by atoms with Gasteiger partial charge in [0.25, 0.3) is 0 Å². The molecule has 2 unspecified atom stereocenters. The van der Waals surface area contributed by atoms with Crippen LogP contribution < -0.4 is 0 Å². The molecule has 1 aliphatic rings. The number of halogens is 2. The van der Waals surface area contributed by atoms with Crippen LogP contribution in [0.15, 0.2) is 48.5 Å². The highest BCUT2D eigenvalue weighted by molar-refractivity contribution is 6.30. The fourth-order valence-corrected chi connectivity index (χ4v) is 2.18. The first-order chi connectivity index (χ1) is 8.24. The highest BCUT2D eigenvalue weighted by Gasteiger charge is 2.41. The molecule has 0 aliphatic carbocycles. The number of hydrogen-bond acceptors (Lipinski definition) is 1. The molecule has 2 atom stereocenters. The van der Waals surface area contributed by atoms with Crippen molar-refractivity contribution in [1.82, 2.24) is 0 Å². The molecule has 0 amide bonds. The van der Waals surface area contributed by atoms with Crippen LogP contribution >= 0.6 is 23.2 Å². The standard InChI is InChI=1S/C14H10Cl2O/c15-11-5-1-9(2-6-11)13-14(17-13)10-3-7-12(16)8-4-10/h1-8,13-14H. The van der Waals surface area contributed by atoms with E-state index in [0.717, 1.165) is 21.2 Å². The van der Waals surface area contributed by atoms with E-state index in [1.807, 2.05) is 48.5 Å². The third-order valence-corrected chi connectivity index (χ3v) is 3.39. The summed E-state index contributed by atoms with van der Waals surface area (Å²) in [5.74, 6) is 0. The molecule has 1 nitrogen and oxygen atoms in total. The van der Waals surface area contributed by atoms with E-state index in [-0.39, 0.29) is 12.2 Å². The van der Waals surface area contributed by atoms with Crippen LogP contribution in [0.25, 0.3) is 0 Å². The number of hydrogen-bond donors (Lipinski definition) is 0. The molecule has 3 rings (SSSR count). The summed E-state index contributed by atoms with van der Waals surface area (Å²) in [6.45, 7) is 0. The lowest BCUT2D eigenvalue weighted by Gasteiger charge is -1.98. The molecule has 17 heavy (non-hydrogen) atoms. The average Bonchev–Trinajstić information content (AvgIpc) is 3.11. The quantitative estimate of drug-likeness (QED) is 0.710. The Labute approximate surface area is 110 Å². The van der Waals surface area contributed by atoms with E-state index < -0.39 is 0 Å². The Kier molecular flexibility index (Phi) is 2.83. The molecule has 0 aromatic heterocycles. The van der Waals surface area contributed by atoms with Gasteiger partial charge in [-0.05, 0) is 35.4 Å². The second-order valence-electron chi connectivity index (χ2n) is 4.08. The van der Waals surface area contributed by atoms with Crippen LogP contribution in [0, 0.1) is 0 Å². The maximum absolute atomic E-state index is 5.85. The summed E-state index contributed by atoms with van der Waals surface area (Å²) in [6, 6.07) is 15.6. The molecule has 1 heterocycles. The second-order valence-corrected chi connectivity index (χ2v) is 4.95. The summed E-state index contributed by atoms with van der Waals surface area (Å²) >= 11 is 11.7. The van der Waals surface area contributed by atoms with Crippen molar-refractivity contribution in [3.63, 3.8) is 0 Å². The molecule has 1 fully saturated rings. The molecule has 2 aromatic carbocycles. The predicted octanol–water partition coefficient (Wildman–Crippen LogP) is 4.81. The van der Waals surface area contributed by atoms with Crippen LogP contribution in [-0.2, 0) is 4.74 Å². The molecule has 1 aliphatic heterocycles. The minimum absolute atomic E-state index is 0.147. The Morgan fingerprint density at radius 3 is 1.35 bits per heavy atom. The average molecular weight is 265 g/mol. The molecular weight excluding hydrogens is 255 g/mol. The summed E-state index contributed by atoms with van der Waals surface area (Å²) in [4.78, 5) is 0. The van der Waals surface area contributed by atoms with Gasteiger partial charge in [-0.15, -0.1) is 0 Å². The molecule has 86 valence electrons. The first-order valence-electron chi connectivity index (χ1n) is 5.40. The highest BCUT2D eigenvalue weighted by atomic mass is 35.5. The summed E-state index contributed by atoms with van der Waals surface area (Å²) in [5, 5.41) is 1.50. The van der Waals surface area contributed by atoms with Crippen LogP contribution in [-0.4, -0.2) is 0 Å². The Bertz CT molecular complexity index is 469. The van der Waals surface area contributed by atoms with Gasteiger partial charge in [0.05, 0.1) is 0 Å². The minimum atomic E-state index is 0.147. The zero-order valence-electron chi connectivity index (χ0n) is 8.94. The lowest BCUT2D eigenvalue weighted by Crippen LogP contribution is -1.84. The lowest BCUT2D eigenvalue weighted by molar-refractivity contribution is 0.377. The van der Waals surface area contributed by atoms with Gasteiger partial charge in [0, 0.05) is 10.0 Å². The van der Waals surface area contributed by atoms with Crippen molar-refractivity contribution >= 4 is 23.2 Å². The highest BCUT2D eigenvalue weighted by Crippen LogP contribution is 2.50. The van der Waals surface area contributed by atoms with Gasteiger partial charge in [0.2, 0.25) is 0 Å². The monoisotopic (exact) mass is 264 g/mol. The predicted molar refractivity (Wildman–Crippen MR) is 69.5 cm³/mol. The van der Waals surface area contributed by atoms with Gasteiger partial charge < -0.3 is 4.74 Å². The van der Waals surface area contributed by atoms with Crippen LogP contribution in [0.3, 0.4) is 0 Å². The van der Waals surface area contributed by atoms with E-state index in [0.29, 0.717) is 0 Å². The van der Waals surface area contributed by atoms with Crippen molar-refractivity contribution in [3.8, 4) is 0 Å². The van der Waals surface area contributed by atoms with Gasteiger partial charge in [-0.2, -0.15) is 0 Å². The summed E-state index contributed by atoms with van der Waals surface area (Å²) in [5.41, 5.74) is 2.32. The molecule has 0 saturated carbocycles. The van der Waals surface area contributed by atoms with Gasteiger partial charge in [-0.1, -0.05) is 47.5 Å². The Hall–Kier alpha value is -1.02. The lowest BCUT2D eigenvalue weighted by atomic mass is 10.0. The van der Waals surface area contributed by atoms with Gasteiger partial charge >= 0.3 is 0 Å². The Morgan fingerprint density at radius 1 is 0.647 bits per heavy atom. The molecule has 1 saturated heterocycles. The smallest absolute Gasteiger partial charge is 0.114 e. The summed E-state index contributed by atoms with van der Waals surface area (Å²) < 4.78 is 5.68. The first kappa shape index (κ1) is 11.1. The fourth-order valence-electron chi connectivity index (χ4n) is 1.92. The van der Waals surface area contributed by atoms with E-state index >= 15 is 0 Å². The first-order valence-corrected chi connectivity index (χ1v) is 6.16. The van der Waals surface area contributed by atoms with Crippen molar-refractivity contribution in [2.24, 2.45) is 0 Å². The summed E-state index contributed by atoms with van der Waals surface area (Å²) in [7, 11) is 0. The molecule has 0 spiro atoms. The van der Waals surface area contributed by atoms with Crippen molar-refractivity contribution in [3.05, 3.63) is 69.7 Å². The van der Waals surface area contributed by atoms with Crippen LogP contribution in [0.2, 0.25) is 10.0 Å². The number of epoxide rings is 1. The molecular formula is C14H10Cl2O. The van der Waals surface area contributed by atoms with E-state index in [1.54, 1.807) is 0 Å². The molecule has 2 aromatic rings. The zero-order chi connectivity index (χ0) is 11.8. The van der Waals surface area contributed by atoms with Crippen molar-refractivity contribution in [2.45, 2.75) is 12.2 Å². The number of rotatable bonds is 2. The van der Waals surface area contributed by atoms with Crippen LogP contribution in [0.1, 0.15) is 23.3 Å². The van der Waals surface area contributed by atoms with E-state index in [2.05, 4.69) is 0 Å². The molecule has 0 bridgehead atoms. The Balaban J connectivity index is 1.78. The van der Waals surface area contributed by atoms with E-state index in [9.17, 15) is 0 Å². The normalized spacial score (nSPS) is 22.5. The largest absolute Gasteiger partial charge is 0.359 e. The van der Waals surface area contributed by atoms with Crippen LogP contribution in [0.5, 0.6) is 0 Å². The van der Waals surface area contributed by atoms with Gasteiger partial charge in [-0.25, -0.2) is 0 Å². The van der Waals surface area contributed by atoms with Crippen molar-refractivity contribution in [2.75, 3.05) is 0 Å². The number of ether oxygens (including phenoxy) is 1. The van der Waals surface area contributed by atoms with Gasteiger partial charge in [0.1, 0.15) is 12.2 Å².